The van der Waals surface area contributed by atoms with Crippen molar-refractivity contribution in [1.29, 1.82) is 0 Å². The number of carbonyl (C=O) groups excluding carboxylic acids is 1. The predicted octanol–water partition coefficient (Wildman–Crippen LogP) is 1.98. The summed E-state index contributed by atoms with van der Waals surface area (Å²) in [6.45, 7) is 4.09. The van der Waals surface area contributed by atoms with Crippen molar-refractivity contribution >= 4 is 5.91 Å². The van der Waals surface area contributed by atoms with Crippen LogP contribution in [0.5, 0.6) is 0 Å². The van der Waals surface area contributed by atoms with Gasteiger partial charge in [0.05, 0.1) is 0 Å². The molecule has 1 aromatic rings. The van der Waals surface area contributed by atoms with Crippen molar-refractivity contribution in [1.82, 2.24) is 10.5 Å². The zero-order chi connectivity index (χ0) is 10.9. The van der Waals surface area contributed by atoms with Crippen molar-refractivity contribution in [2.75, 3.05) is 0 Å². The van der Waals surface area contributed by atoms with Crippen molar-refractivity contribution in [3.8, 4) is 0 Å². The van der Waals surface area contributed by atoms with Gasteiger partial charge < -0.3 is 9.84 Å². The maximum Gasteiger partial charge on any atom is 0.273 e. The molecule has 0 atom stereocenters. The zero-order valence-electron chi connectivity index (χ0n) is 9.12. The van der Waals surface area contributed by atoms with E-state index in [1.54, 1.807) is 6.07 Å². The smallest absolute Gasteiger partial charge is 0.273 e. The average Bonchev–Trinajstić information content (AvgIpc) is 2.78. The highest BCUT2D eigenvalue weighted by atomic mass is 16.5. The quantitative estimate of drug-likeness (QED) is 0.823. The van der Waals surface area contributed by atoms with Gasteiger partial charge in [-0.1, -0.05) is 18.0 Å². The molecule has 1 amide bonds. The average molecular weight is 208 g/mol. The minimum atomic E-state index is -0.158. The molecule has 0 bridgehead atoms. The molecule has 0 saturated heterocycles. The maximum absolute atomic E-state index is 11.7. The lowest BCUT2D eigenvalue weighted by Gasteiger charge is -2.25. The number of carbonyl (C=O) groups is 1. The molecule has 0 spiro atoms. The van der Waals surface area contributed by atoms with Gasteiger partial charge in [-0.25, -0.2) is 0 Å². The first-order valence-electron chi connectivity index (χ1n) is 5.30. The van der Waals surface area contributed by atoms with E-state index in [0.717, 1.165) is 12.3 Å². The van der Waals surface area contributed by atoms with Gasteiger partial charge in [-0.05, 0) is 26.2 Å². The maximum atomic E-state index is 11.7. The molecule has 1 aromatic heterocycles. The first-order chi connectivity index (χ1) is 7.07. The van der Waals surface area contributed by atoms with Crippen LogP contribution in [-0.2, 0) is 0 Å². The van der Waals surface area contributed by atoms with Crippen LogP contribution in [-0.4, -0.2) is 16.6 Å². The van der Waals surface area contributed by atoms with Crippen molar-refractivity contribution in [2.24, 2.45) is 5.92 Å². The standard InChI is InChI=1S/C11H16N2O2/c1-11(2,7-8-3-4-8)12-10(14)9-5-6-15-13-9/h5-6,8H,3-4,7H2,1-2H3,(H,12,14). The molecule has 1 saturated carbocycles. The molecule has 1 aliphatic rings. The lowest BCUT2D eigenvalue weighted by molar-refractivity contribution is 0.0897. The van der Waals surface area contributed by atoms with Gasteiger partial charge in [0.1, 0.15) is 6.26 Å². The van der Waals surface area contributed by atoms with E-state index in [1.807, 2.05) is 13.8 Å². The van der Waals surface area contributed by atoms with Crippen LogP contribution < -0.4 is 5.32 Å². The van der Waals surface area contributed by atoms with Crippen molar-refractivity contribution in [2.45, 2.75) is 38.6 Å². The molecule has 1 N–H and O–H groups in total. The van der Waals surface area contributed by atoms with Gasteiger partial charge in [0.15, 0.2) is 5.69 Å². The highest BCUT2D eigenvalue weighted by molar-refractivity contribution is 5.92. The summed E-state index contributed by atoms with van der Waals surface area (Å²) in [5, 5.41) is 6.58. The third kappa shape index (κ3) is 2.81. The summed E-state index contributed by atoms with van der Waals surface area (Å²) in [6.07, 6.45) is 5.03. The molecule has 2 rings (SSSR count). The highest BCUT2D eigenvalue weighted by Gasteiger charge is 2.31. The van der Waals surface area contributed by atoms with E-state index in [2.05, 4.69) is 15.0 Å². The van der Waals surface area contributed by atoms with Gasteiger partial charge in [0, 0.05) is 11.6 Å². The number of hydrogen-bond donors (Lipinski definition) is 1. The van der Waals surface area contributed by atoms with Crippen LogP contribution >= 0.6 is 0 Å². The van der Waals surface area contributed by atoms with Crippen LogP contribution in [0.15, 0.2) is 16.9 Å². The Kier molecular flexibility index (Phi) is 2.50. The number of rotatable bonds is 4. The minimum Gasteiger partial charge on any atom is -0.364 e. The fourth-order valence-corrected chi connectivity index (χ4v) is 1.80. The van der Waals surface area contributed by atoms with E-state index < -0.39 is 0 Å². The van der Waals surface area contributed by atoms with E-state index in [4.69, 9.17) is 0 Å². The highest BCUT2D eigenvalue weighted by Crippen LogP contribution is 2.36. The molecule has 0 aromatic carbocycles. The second-order valence-corrected chi connectivity index (χ2v) is 4.87. The SMILES string of the molecule is CC(C)(CC1CC1)NC(=O)c1ccon1. The third-order valence-electron chi connectivity index (χ3n) is 2.62. The monoisotopic (exact) mass is 208 g/mol. The van der Waals surface area contributed by atoms with Crippen molar-refractivity contribution < 1.29 is 9.32 Å². The number of nitrogens with one attached hydrogen (secondary N) is 1. The second kappa shape index (κ2) is 3.68. The van der Waals surface area contributed by atoms with Gasteiger partial charge in [-0.3, -0.25) is 4.79 Å². The third-order valence-corrected chi connectivity index (χ3v) is 2.62. The van der Waals surface area contributed by atoms with Gasteiger partial charge in [0.2, 0.25) is 0 Å². The minimum absolute atomic E-state index is 0.156. The lowest BCUT2D eigenvalue weighted by Crippen LogP contribution is -2.43. The van der Waals surface area contributed by atoms with E-state index in [1.165, 1.54) is 19.1 Å². The summed E-state index contributed by atoms with van der Waals surface area (Å²) < 4.78 is 4.63. The summed E-state index contributed by atoms with van der Waals surface area (Å²) in [7, 11) is 0. The Morgan fingerprint density at radius 3 is 2.93 bits per heavy atom. The van der Waals surface area contributed by atoms with Crippen LogP contribution in [0.4, 0.5) is 0 Å². The van der Waals surface area contributed by atoms with Crippen LogP contribution in [0, 0.1) is 5.92 Å². The Balaban J connectivity index is 1.92. The number of nitrogens with zero attached hydrogens (tertiary/aromatic N) is 1. The van der Waals surface area contributed by atoms with Crippen LogP contribution in [0.25, 0.3) is 0 Å². The Hall–Kier alpha value is -1.32. The van der Waals surface area contributed by atoms with Crippen LogP contribution in [0.1, 0.15) is 43.6 Å². The van der Waals surface area contributed by atoms with Gasteiger partial charge >= 0.3 is 0 Å². The number of amides is 1. The Bertz CT molecular complexity index is 339. The molecule has 1 fully saturated rings. The molecule has 4 nitrogen and oxygen atoms in total. The van der Waals surface area contributed by atoms with Crippen LogP contribution in [0.3, 0.4) is 0 Å². The normalized spacial score (nSPS) is 16.4. The molecule has 1 heterocycles. The zero-order valence-corrected chi connectivity index (χ0v) is 9.12. The number of hydrogen-bond acceptors (Lipinski definition) is 3. The first-order valence-corrected chi connectivity index (χ1v) is 5.30. The fourth-order valence-electron chi connectivity index (χ4n) is 1.80. The summed E-state index contributed by atoms with van der Waals surface area (Å²) >= 11 is 0. The molecule has 0 unspecified atom stereocenters. The van der Waals surface area contributed by atoms with Gasteiger partial charge in [0.25, 0.3) is 5.91 Å². The lowest BCUT2D eigenvalue weighted by atomic mass is 9.97. The predicted molar refractivity (Wildman–Crippen MR) is 55.4 cm³/mol. The Labute approximate surface area is 89.0 Å². The molecule has 0 radical (unpaired) electrons. The van der Waals surface area contributed by atoms with E-state index in [-0.39, 0.29) is 11.4 Å². The molecule has 1 aliphatic carbocycles. The van der Waals surface area contributed by atoms with E-state index in [0.29, 0.717) is 5.69 Å². The van der Waals surface area contributed by atoms with Crippen molar-refractivity contribution in [3.05, 3.63) is 18.0 Å². The Morgan fingerprint density at radius 2 is 2.40 bits per heavy atom. The van der Waals surface area contributed by atoms with Gasteiger partial charge in [-0.15, -0.1) is 0 Å². The van der Waals surface area contributed by atoms with E-state index in [9.17, 15) is 4.79 Å². The Morgan fingerprint density at radius 1 is 1.67 bits per heavy atom. The molecule has 82 valence electrons. The largest absolute Gasteiger partial charge is 0.364 e. The van der Waals surface area contributed by atoms with Crippen LogP contribution in [0.2, 0.25) is 0 Å². The fraction of sp³-hybridized carbons (Fsp3) is 0.636. The molecular formula is C11H16N2O2. The molecular weight excluding hydrogens is 192 g/mol. The van der Waals surface area contributed by atoms with E-state index >= 15 is 0 Å². The van der Waals surface area contributed by atoms with Crippen molar-refractivity contribution in [3.63, 3.8) is 0 Å². The second-order valence-electron chi connectivity index (χ2n) is 4.87. The summed E-state index contributed by atoms with van der Waals surface area (Å²) in [5.41, 5.74) is 0.191. The topological polar surface area (TPSA) is 55.1 Å². The summed E-state index contributed by atoms with van der Waals surface area (Å²) in [5.74, 6) is 0.631. The van der Waals surface area contributed by atoms with Gasteiger partial charge in [-0.2, -0.15) is 0 Å². The number of aromatic nitrogens is 1. The summed E-state index contributed by atoms with van der Waals surface area (Å²) in [4.78, 5) is 11.7. The first kappa shape index (κ1) is 10.2. The molecule has 0 aliphatic heterocycles. The summed E-state index contributed by atoms with van der Waals surface area (Å²) in [6, 6.07) is 1.57. The molecule has 4 heteroatoms. The molecule has 15 heavy (non-hydrogen) atoms.